The van der Waals surface area contributed by atoms with Crippen molar-refractivity contribution in [2.24, 2.45) is 0 Å². The van der Waals surface area contributed by atoms with E-state index in [1.54, 1.807) is 18.2 Å². The van der Waals surface area contributed by atoms with Crippen molar-refractivity contribution < 1.29 is 19.1 Å². The van der Waals surface area contributed by atoms with Crippen LogP contribution in [0.15, 0.2) is 60.7 Å². The van der Waals surface area contributed by atoms with Crippen LogP contribution in [0, 0.1) is 0 Å². The topological polar surface area (TPSA) is 88.7 Å². The molecule has 0 saturated carbocycles. The van der Waals surface area contributed by atoms with Gasteiger partial charge in [0.2, 0.25) is 0 Å². The van der Waals surface area contributed by atoms with E-state index in [1.165, 1.54) is 13.0 Å². The molecule has 0 saturated heterocycles. The van der Waals surface area contributed by atoms with Crippen LogP contribution in [-0.4, -0.2) is 29.6 Å². The van der Waals surface area contributed by atoms with Crippen LogP contribution in [-0.2, 0) is 9.59 Å². The minimum absolute atomic E-state index is 0.105. The van der Waals surface area contributed by atoms with E-state index in [4.69, 9.17) is 44.9 Å². The zero-order valence-corrected chi connectivity index (χ0v) is 19.2. The molecule has 0 fully saturated rings. The van der Waals surface area contributed by atoms with Crippen molar-refractivity contribution >= 4 is 63.1 Å². The molecule has 3 aromatic rings. The number of thiocarbonyl (C=S) groups is 1. The zero-order valence-electron chi connectivity index (χ0n) is 16.9. The molecule has 3 N–H and O–H groups in total. The molecule has 1 unspecified atom stereocenters. The molecule has 7 nitrogen and oxygen atoms in total. The molecule has 3 rings (SSSR count). The Hall–Kier alpha value is -3.07. The van der Waals surface area contributed by atoms with E-state index in [9.17, 15) is 9.59 Å². The first-order valence-corrected chi connectivity index (χ1v) is 10.6. The largest absolute Gasteiger partial charge is 0.484 e. The number of halogens is 2. The SMILES string of the molecule is CC(Oc1ccc(Cl)cc1Cl)C(=O)NC(=S)NNC(=O)COc1ccc2ccccc2c1. The molecule has 0 aliphatic rings. The molecule has 0 radical (unpaired) electrons. The molecule has 0 aromatic heterocycles. The monoisotopic (exact) mass is 491 g/mol. The molecule has 0 aliphatic carbocycles. The van der Waals surface area contributed by atoms with Crippen LogP contribution in [0.3, 0.4) is 0 Å². The fraction of sp³-hybridized carbons (Fsp3) is 0.136. The van der Waals surface area contributed by atoms with Gasteiger partial charge in [-0.05, 0) is 60.2 Å². The predicted octanol–water partition coefficient (Wildman–Crippen LogP) is 4.01. The Bertz CT molecular complexity index is 1160. The summed E-state index contributed by atoms with van der Waals surface area (Å²) in [5, 5.41) is 5.11. The summed E-state index contributed by atoms with van der Waals surface area (Å²) >= 11 is 16.9. The summed E-state index contributed by atoms with van der Waals surface area (Å²) in [7, 11) is 0. The first kappa shape index (κ1) is 23.6. The number of carbonyl (C=O) groups excluding carboxylic acids is 2. The van der Waals surface area contributed by atoms with Crippen LogP contribution in [0.2, 0.25) is 10.0 Å². The fourth-order valence-corrected chi connectivity index (χ4v) is 3.23. The number of hydrazine groups is 1. The molecule has 10 heteroatoms. The van der Waals surface area contributed by atoms with Crippen molar-refractivity contribution in [1.82, 2.24) is 16.2 Å². The Morgan fingerprint density at radius 1 is 1.00 bits per heavy atom. The number of ether oxygens (including phenoxy) is 2. The van der Waals surface area contributed by atoms with Crippen molar-refractivity contribution in [2.75, 3.05) is 6.61 Å². The van der Waals surface area contributed by atoms with E-state index in [2.05, 4.69) is 16.2 Å². The van der Waals surface area contributed by atoms with Crippen molar-refractivity contribution in [1.29, 1.82) is 0 Å². The Morgan fingerprint density at radius 3 is 2.50 bits per heavy atom. The summed E-state index contributed by atoms with van der Waals surface area (Å²) in [6.45, 7) is 1.29. The number of fused-ring (bicyclic) bond motifs is 1. The first-order valence-electron chi connectivity index (χ1n) is 9.45. The summed E-state index contributed by atoms with van der Waals surface area (Å²) in [4.78, 5) is 24.2. The average Bonchev–Trinajstić information content (AvgIpc) is 2.77. The lowest BCUT2D eigenvalue weighted by atomic mass is 10.1. The van der Waals surface area contributed by atoms with E-state index in [1.807, 2.05) is 36.4 Å². The van der Waals surface area contributed by atoms with Crippen molar-refractivity contribution in [3.63, 3.8) is 0 Å². The third-order valence-corrected chi connectivity index (χ3v) is 4.94. The number of amides is 2. The summed E-state index contributed by atoms with van der Waals surface area (Å²) < 4.78 is 11.0. The van der Waals surface area contributed by atoms with Gasteiger partial charge in [-0.25, -0.2) is 0 Å². The lowest BCUT2D eigenvalue weighted by molar-refractivity contribution is -0.126. The Kier molecular flexibility index (Phi) is 8.10. The average molecular weight is 492 g/mol. The van der Waals surface area contributed by atoms with Gasteiger partial charge in [-0.1, -0.05) is 53.5 Å². The minimum atomic E-state index is -0.902. The minimum Gasteiger partial charge on any atom is -0.484 e. The van der Waals surface area contributed by atoms with Crippen molar-refractivity contribution in [3.8, 4) is 11.5 Å². The highest BCUT2D eigenvalue weighted by Gasteiger charge is 2.17. The lowest BCUT2D eigenvalue weighted by Gasteiger charge is -2.17. The second-order valence-corrected chi connectivity index (χ2v) is 7.88. The first-order chi connectivity index (χ1) is 15.3. The smallest absolute Gasteiger partial charge is 0.276 e. The van der Waals surface area contributed by atoms with Crippen LogP contribution in [0.25, 0.3) is 10.8 Å². The van der Waals surface area contributed by atoms with Crippen molar-refractivity contribution in [3.05, 3.63) is 70.7 Å². The molecular formula is C22H19Cl2N3O4S. The summed E-state index contributed by atoms with van der Waals surface area (Å²) in [5.74, 6) is -0.152. The standard InChI is InChI=1S/C22H19Cl2N3O4S/c1-13(31-19-9-7-16(23)11-18(19)24)21(29)25-22(32)27-26-20(28)12-30-17-8-6-14-4-2-3-5-15(14)10-17/h2-11,13H,12H2,1H3,(H,26,28)(H2,25,27,29,32). The highest BCUT2D eigenvalue weighted by molar-refractivity contribution is 7.80. The van der Waals surface area contributed by atoms with Crippen LogP contribution in [0.5, 0.6) is 11.5 Å². The van der Waals surface area contributed by atoms with Crippen molar-refractivity contribution in [2.45, 2.75) is 13.0 Å². The normalized spacial score (nSPS) is 11.3. The highest BCUT2D eigenvalue weighted by Crippen LogP contribution is 2.28. The highest BCUT2D eigenvalue weighted by atomic mass is 35.5. The maximum absolute atomic E-state index is 12.2. The summed E-state index contributed by atoms with van der Waals surface area (Å²) in [6, 6.07) is 18.0. The second kappa shape index (κ2) is 11.0. The zero-order chi connectivity index (χ0) is 23.1. The molecule has 2 amide bonds. The molecule has 0 heterocycles. The van der Waals surface area contributed by atoms with Crippen LogP contribution < -0.4 is 25.6 Å². The van der Waals surface area contributed by atoms with Gasteiger partial charge in [-0.3, -0.25) is 25.8 Å². The van der Waals surface area contributed by atoms with Gasteiger partial charge in [0, 0.05) is 5.02 Å². The predicted molar refractivity (Wildman–Crippen MR) is 128 cm³/mol. The molecule has 0 bridgehead atoms. The molecule has 3 aromatic carbocycles. The maximum Gasteiger partial charge on any atom is 0.276 e. The number of rotatable bonds is 6. The van der Waals surface area contributed by atoms with Gasteiger partial charge >= 0.3 is 0 Å². The summed E-state index contributed by atoms with van der Waals surface area (Å²) in [6.07, 6.45) is -0.902. The molecule has 1 atom stereocenters. The van der Waals surface area contributed by atoms with E-state index in [0.29, 0.717) is 16.5 Å². The number of benzene rings is 3. The number of carbonyl (C=O) groups is 2. The molecular weight excluding hydrogens is 473 g/mol. The Labute approximate surface area is 199 Å². The molecule has 166 valence electrons. The van der Waals surface area contributed by atoms with Crippen LogP contribution >= 0.6 is 35.4 Å². The Morgan fingerprint density at radius 2 is 1.75 bits per heavy atom. The molecule has 0 spiro atoms. The van der Waals surface area contributed by atoms with Gasteiger partial charge < -0.3 is 9.47 Å². The van der Waals surface area contributed by atoms with Crippen LogP contribution in [0.4, 0.5) is 0 Å². The van der Waals surface area contributed by atoms with E-state index in [-0.39, 0.29) is 16.7 Å². The van der Waals surface area contributed by atoms with E-state index in [0.717, 1.165) is 10.8 Å². The molecule has 0 aliphatic heterocycles. The Balaban J connectivity index is 1.41. The van der Waals surface area contributed by atoms with Gasteiger partial charge in [0.05, 0.1) is 5.02 Å². The van der Waals surface area contributed by atoms with Crippen LogP contribution in [0.1, 0.15) is 6.92 Å². The quantitative estimate of drug-likeness (QED) is 0.356. The lowest BCUT2D eigenvalue weighted by Crippen LogP contribution is -2.51. The van der Waals surface area contributed by atoms with E-state index >= 15 is 0 Å². The molecule has 32 heavy (non-hydrogen) atoms. The second-order valence-electron chi connectivity index (χ2n) is 6.62. The fourth-order valence-electron chi connectivity index (χ4n) is 2.63. The van der Waals surface area contributed by atoms with Gasteiger partial charge in [-0.15, -0.1) is 0 Å². The van der Waals surface area contributed by atoms with Gasteiger partial charge in [-0.2, -0.15) is 0 Å². The third kappa shape index (κ3) is 6.71. The van der Waals surface area contributed by atoms with Gasteiger partial charge in [0.1, 0.15) is 11.5 Å². The van der Waals surface area contributed by atoms with Gasteiger partial charge in [0.25, 0.3) is 11.8 Å². The number of nitrogens with one attached hydrogen (secondary N) is 3. The third-order valence-electron chi connectivity index (χ3n) is 4.21. The number of hydrogen-bond donors (Lipinski definition) is 3. The number of hydrogen-bond acceptors (Lipinski definition) is 5. The summed E-state index contributed by atoms with van der Waals surface area (Å²) in [5.41, 5.74) is 4.79. The van der Waals surface area contributed by atoms with E-state index < -0.39 is 17.9 Å². The van der Waals surface area contributed by atoms with Gasteiger partial charge in [0.15, 0.2) is 17.8 Å². The maximum atomic E-state index is 12.2.